The van der Waals surface area contributed by atoms with Gasteiger partial charge in [0, 0.05) is 36.0 Å². The smallest absolute Gasteiger partial charge is 0.255 e. The number of carbonyl (C=O) groups excluding carboxylic acids is 1. The summed E-state index contributed by atoms with van der Waals surface area (Å²) in [5.41, 5.74) is 7.45. The van der Waals surface area contributed by atoms with E-state index in [4.69, 9.17) is 5.73 Å². The number of hydrogen-bond acceptors (Lipinski definition) is 4. The molecule has 0 radical (unpaired) electrons. The van der Waals surface area contributed by atoms with E-state index < -0.39 is 0 Å². The first-order chi connectivity index (χ1) is 9.06. The Labute approximate surface area is 111 Å². The normalized spacial score (nSPS) is 12.1. The fourth-order valence-corrected chi connectivity index (χ4v) is 1.81. The highest BCUT2D eigenvalue weighted by molar-refractivity contribution is 5.98. The van der Waals surface area contributed by atoms with Crippen LogP contribution in [0, 0.1) is 6.92 Å². The summed E-state index contributed by atoms with van der Waals surface area (Å²) >= 11 is 0. The van der Waals surface area contributed by atoms with E-state index in [1.54, 1.807) is 16.9 Å². The van der Waals surface area contributed by atoms with E-state index in [2.05, 4.69) is 15.4 Å². The number of nitrogens with zero attached hydrogens (tertiary/aromatic N) is 3. The predicted molar refractivity (Wildman–Crippen MR) is 72.5 cm³/mol. The van der Waals surface area contributed by atoms with E-state index >= 15 is 0 Å². The van der Waals surface area contributed by atoms with Crippen molar-refractivity contribution in [3.63, 3.8) is 0 Å². The molecule has 6 heteroatoms. The number of carbonyl (C=O) groups is 1. The van der Waals surface area contributed by atoms with Crippen molar-refractivity contribution in [2.24, 2.45) is 0 Å². The summed E-state index contributed by atoms with van der Waals surface area (Å²) < 4.78 is 1.77. The number of nitrogen functional groups attached to an aromatic ring is 1. The van der Waals surface area contributed by atoms with Gasteiger partial charge in [-0.1, -0.05) is 0 Å². The Morgan fingerprint density at radius 3 is 3.00 bits per heavy atom. The Balaban J connectivity index is 2.00. The van der Waals surface area contributed by atoms with Gasteiger partial charge in [-0.05, 0) is 26.0 Å². The molecular weight excluding hydrogens is 242 g/mol. The lowest BCUT2D eigenvalue weighted by molar-refractivity contribution is 0.0936. The van der Waals surface area contributed by atoms with E-state index in [1.807, 2.05) is 26.1 Å². The van der Waals surface area contributed by atoms with Crippen LogP contribution >= 0.6 is 0 Å². The average Bonchev–Trinajstić information content (AvgIpc) is 2.81. The van der Waals surface area contributed by atoms with Crippen molar-refractivity contribution in [2.75, 3.05) is 5.73 Å². The Kier molecular flexibility index (Phi) is 3.79. The van der Waals surface area contributed by atoms with Crippen LogP contribution in [0.4, 0.5) is 5.69 Å². The van der Waals surface area contributed by atoms with Crippen LogP contribution in [0.2, 0.25) is 0 Å². The molecule has 1 atom stereocenters. The number of nitrogens with two attached hydrogens (primary N) is 1. The molecule has 0 aliphatic heterocycles. The zero-order valence-electron chi connectivity index (χ0n) is 11.0. The summed E-state index contributed by atoms with van der Waals surface area (Å²) in [6.45, 7) is 4.35. The molecule has 0 bridgehead atoms. The van der Waals surface area contributed by atoms with Gasteiger partial charge in [0.05, 0.1) is 12.1 Å². The number of aryl methyl sites for hydroxylation is 1. The summed E-state index contributed by atoms with van der Waals surface area (Å²) in [5, 5.41) is 6.97. The van der Waals surface area contributed by atoms with Crippen LogP contribution in [0.1, 0.15) is 23.0 Å². The summed E-state index contributed by atoms with van der Waals surface area (Å²) in [5.74, 6) is -0.218. The van der Waals surface area contributed by atoms with Gasteiger partial charge >= 0.3 is 0 Å². The summed E-state index contributed by atoms with van der Waals surface area (Å²) in [6, 6.07) is 3.48. The van der Waals surface area contributed by atoms with Gasteiger partial charge in [0.2, 0.25) is 0 Å². The van der Waals surface area contributed by atoms with E-state index in [0.717, 1.165) is 5.69 Å². The minimum absolute atomic E-state index is 0.0481. The first-order valence-corrected chi connectivity index (χ1v) is 6.06. The number of anilines is 1. The Morgan fingerprint density at radius 1 is 1.58 bits per heavy atom. The highest BCUT2D eigenvalue weighted by Crippen LogP contribution is 2.11. The lowest BCUT2D eigenvalue weighted by Gasteiger charge is -2.14. The molecule has 2 rings (SSSR count). The zero-order valence-corrected chi connectivity index (χ0v) is 11.0. The number of hydrogen-bond donors (Lipinski definition) is 2. The van der Waals surface area contributed by atoms with Crippen LogP contribution in [0.5, 0.6) is 0 Å². The molecule has 0 saturated heterocycles. The molecule has 0 fully saturated rings. The Morgan fingerprint density at radius 2 is 2.37 bits per heavy atom. The minimum atomic E-state index is -0.218. The van der Waals surface area contributed by atoms with Gasteiger partial charge in [0.15, 0.2) is 0 Å². The molecule has 2 aromatic rings. The maximum absolute atomic E-state index is 12.1. The van der Waals surface area contributed by atoms with Gasteiger partial charge in [0.1, 0.15) is 0 Å². The van der Waals surface area contributed by atoms with E-state index in [0.29, 0.717) is 17.8 Å². The van der Waals surface area contributed by atoms with Crippen LogP contribution in [-0.4, -0.2) is 26.7 Å². The predicted octanol–water partition coefficient (Wildman–Crippen LogP) is 0.987. The second-order valence-electron chi connectivity index (χ2n) is 4.52. The van der Waals surface area contributed by atoms with Crippen molar-refractivity contribution >= 4 is 11.6 Å². The molecule has 19 heavy (non-hydrogen) atoms. The molecule has 100 valence electrons. The molecule has 6 nitrogen and oxygen atoms in total. The lowest BCUT2D eigenvalue weighted by Crippen LogP contribution is -2.36. The maximum Gasteiger partial charge on any atom is 0.255 e. The molecule has 1 amide bonds. The topological polar surface area (TPSA) is 85.8 Å². The molecule has 3 N–H and O–H groups in total. The van der Waals surface area contributed by atoms with E-state index in [1.165, 1.54) is 6.20 Å². The maximum atomic E-state index is 12.1. The molecule has 1 unspecified atom stereocenters. The first kappa shape index (κ1) is 13.1. The second-order valence-corrected chi connectivity index (χ2v) is 4.52. The van der Waals surface area contributed by atoms with Crippen molar-refractivity contribution in [3.8, 4) is 0 Å². The van der Waals surface area contributed by atoms with Gasteiger partial charge in [-0.15, -0.1) is 0 Å². The second kappa shape index (κ2) is 5.51. The number of nitrogens with one attached hydrogen (secondary N) is 1. The van der Waals surface area contributed by atoms with Gasteiger partial charge in [-0.25, -0.2) is 0 Å². The van der Waals surface area contributed by atoms with Crippen LogP contribution in [0.25, 0.3) is 0 Å². The highest BCUT2D eigenvalue weighted by atomic mass is 16.1. The molecule has 2 heterocycles. The minimum Gasteiger partial charge on any atom is -0.398 e. The van der Waals surface area contributed by atoms with Crippen molar-refractivity contribution < 1.29 is 4.79 Å². The molecule has 0 spiro atoms. The quantitative estimate of drug-likeness (QED) is 0.857. The molecule has 0 aliphatic carbocycles. The van der Waals surface area contributed by atoms with Gasteiger partial charge < -0.3 is 11.1 Å². The van der Waals surface area contributed by atoms with Gasteiger partial charge in [0.25, 0.3) is 5.91 Å². The molecule has 2 aromatic heterocycles. The van der Waals surface area contributed by atoms with Crippen LogP contribution in [0.15, 0.2) is 30.7 Å². The van der Waals surface area contributed by atoms with Crippen molar-refractivity contribution in [3.05, 3.63) is 42.0 Å². The third kappa shape index (κ3) is 3.31. The van der Waals surface area contributed by atoms with Crippen LogP contribution < -0.4 is 11.1 Å². The van der Waals surface area contributed by atoms with Crippen molar-refractivity contribution in [2.45, 2.75) is 26.4 Å². The van der Waals surface area contributed by atoms with Crippen LogP contribution in [-0.2, 0) is 6.54 Å². The number of rotatable bonds is 4. The van der Waals surface area contributed by atoms with Crippen LogP contribution in [0.3, 0.4) is 0 Å². The Bertz CT molecular complexity index is 564. The van der Waals surface area contributed by atoms with Gasteiger partial charge in [-0.3, -0.25) is 14.5 Å². The zero-order chi connectivity index (χ0) is 13.8. The lowest BCUT2D eigenvalue weighted by atomic mass is 10.2. The highest BCUT2D eigenvalue weighted by Gasteiger charge is 2.13. The largest absolute Gasteiger partial charge is 0.398 e. The fourth-order valence-electron chi connectivity index (χ4n) is 1.81. The molecule has 0 saturated carbocycles. The monoisotopic (exact) mass is 259 g/mol. The first-order valence-electron chi connectivity index (χ1n) is 6.06. The standard InChI is InChI=1S/C13H17N5O/c1-9-6-12(14)11(7-15-9)13(19)17-10(2)8-18-5-3-4-16-18/h3-7,10H,8H2,1-2H3,(H2,14,15)(H,17,19). The third-order valence-corrected chi connectivity index (χ3v) is 2.71. The summed E-state index contributed by atoms with van der Waals surface area (Å²) in [7, 11) is 0. The summed E-state index contributed by atoms with van der Waals surface area (Å²) in [4.78, 5) is 16.1. The number of amides is 1. The fraction of sp³-hybridized carbons (Fsp3) is 0.308. The summed E-state index contributed by atoms with van der Waals surface area (Å²) in [6.07, 6.45) is 5.06. The molecule has 0 aliphatic rings. The molecular formula is C13H17N5O. The van der Waals surface area contributed by atoms with Crippen molar-refractivity contribution in [1.29, 1.82) is 0 Å². The SMILES string of the molecule is Cc1cc(N)c(C(=O)NC(C)Cn2cccn2)cn1. The van der Waals surface area contributed by atoms with Gasteiger partial charge in [-0.2, -0.15) is 5.10 Å². The number of pyridine rings is 1. The molecule has 0 aromatic carbocycles. The third-order valence-electron chi connectivity index (χ3n) is 2.71. The average molecular weight is 259 g/mol. The number of aromatic nitrogens is 3. The van der Waals surface area contributed by atoms with Crippen molar-refractivity contribution in [1.82, 2.24) is 20.1 Å². The Hall–Kier alpha value is -2.37. The van der Waals surface area contributed by atoms with E-state index in [-0.39, 0.29) is 11.9 Å². The van der Waals surface area contributed by atoms with E-state index in [9.17, 15) is 4.79 Å².